The molecule has 1 aliphatic rings. The Bertz CT molecular complexity index is 346. The maximum Gasteiger partial charge on any atom is 0.0455 e. The van der Waals surface area contributed by atoms with Crippen molar-refractivity contribution in [2.24, 2.45) is 0 Å². The Morgan fingerprint density at radius 3 is 2.93 bits per heavy atom. The first-order valence-electron chi connectivity index (χ1n) is 5.77. The van der Waals surface area contributed by atoms with Gasteiger partial charge in [0.25, 0.3) is 0 Å². The maximum absolute atomic E-state index is 3.29. The lowest BCUT2D eigenvalue weighted by atomic mass is 10.0. The van der Waals surface area contributed by atoms with E-state index in [0.717, 1.165) is 13.1 Å². The van der Waals surface area contributed by atoms with Gasteiger partial charge in [-0.15, -0.1) is 0 Å². The van der Waals surface area contributed by atoms with Crippen LogP contribution in [0.25, 0.3) is 0 Å². The van der Waals surface area contributed by atoms with Crippen LogP contribution in [0.5, 0.6) is 0 Å². The van der Waals surface area contributed by atoms with Crippen molar-refractivity contribution in [3.05, 3.63) is 29.3 Å². The van der Waals surface area contributed by atoms with Gasteiger partial charge in [-0.2, -0.15) is 0 Å². The number of nitrogens with one attached hydrogen (secondary N) is 1. The summed E-state index contributed by atoms with van der Waals surface area (Å²) in [5.41, 5.74) is 4.42. The monoisotopic (exact) mass is 204 g/mol. The van der Waals surface area contributed by atoms with E-state index in [-0.39, 0.29) is 0 Å². The highest BCUT2D eigenvalue weighted by molar-refractivity contribution is 5.62. The van der Waals surface area contributed by atoms with Crippen molar-refractivity contribution in [1.82, 2.24) is 5.32 Å². The Balaban J connectivity index is 2.32. The Morgan fingerprint density at radius 2 is 2.27 bits per heavy atom. The van der Waals surface area contributed by atoms with Gasteiger partial charge in [0.1, 0.15) is 0 Å². The van der Waals surface area contributed by atoms with Crippen LogP contribution in [0.2, 0.25) is 0 Å². The summed E-state index contributed by atoms with van der Waals surface area (Å²) in [4.78, 5) is 2.51. The first-order chi connectivity index (χ1) is 7.27. The van der Waals surface area contributed by atoms with Crippen LogP contribution < -0.4 is 10.2 Å². The second-order valence-electron chi connectivity index (χ2n) is 4.27. The molecule has 2 heteroatoms. The Morgan fingerprint density at radius 1 is 1.47 bits per heavy atom. The van der Waals surface area contributed by atoms with Gasteiger partial charge in [-0.05, 0) is 44.5 Å². The van der Waals surface area contributed by atoms with Crippen molar-refractivity contribution < 1.29 is 0 Å². The van der Waals surface area contributed by atoms with Crippen LogP contribution >= 0.6 is 0 Å². The molecule has 0 radical (unpaired) electrons. The van der Waals surface area contributed by atoms with Crippen molar-refractivity contribution in [3.63, 3.8) is 0 Å². The molecule has 1 N–H and O–H groups in total. The summed E-state index contributed by atoms with van der Waals surface area (Å²) in [6.07, 6.45) is 1.19. The first-order valence-corrected chi connectivity index (χ1v) is 5.77. The maximum atomic E-state index is 3.29. The lowest BCUT2D eigenvalue weighted by Gasteiger charge is -2.25. The van der Waals surface area contributed by atoms with Crippen molar-refractivity contribution in [1.29, 1.82) is 0 Å². The van der Waals surface area contributed by atoms with Crippen LogP contribution in [0.3, 0.4) is 0 Å². The number of hydrogen-bond donors (Lipinski definition) is 1. The highest BCUT2D eigenvalue weighted by Gasteiger charge is 2.28. The summed E-state index contributed by atoms with van der Waals surface area (Å²) in [6, 6.07) is 7.27. The van der Waals surface area contributed by atoms with Crippen LogP contribution in [0, 0.1) is 6.92 Å². The quantitative estimate of drug-likeness (QED) is 0.809. The highest BCUT2D eigenvalue weighted by atomic mass is 15.2. The summed E-state index contributed by atoms with van der Waals surface area (Å²) < 4.78 is 0. The van der Waals surface area contributed by atoms with E-state index >= 15 is 0 Å². The molecule has 0 saturated heterocycles. The minimum absolute atomic E-state index is 0.635. The number of rotatable bonds is 3. The van der Waals surface area contributed by atoms with Gasteiger partial charge in [0.2, 0.25) is 0 Å². The van der Waals surface area contributed by atoms with Crippen molar-refractivity contribution >= 4 is 5.69 Å². The van der Waals surface area contributed by atoms with Crippen LogP contribution in [-0.4, -0.2) is 26.2 Å². The van der Waals surface area contributed by atoms with Gasteiger partial charge >= 0.3 is 0 Å². The van der Waals surface area contributed by atoms with Crippen LogP contribution in [0.1, 0.15) is 18.1 Å². The molecule has 2 nitrogen and oxygen atoms in total. The normalized spacial score (nSPS) is 19.4. The van der Waals surface area contributed by atoms with Gasteiger partial charge in [0.15, 0.2) is 0 Å². The third-order valence-electron chi connectivity index (χ3n) is 3.36. The van der Waals surface area contributed by atoms with Crippen LogP contribution in [-0.2, 0) is 6.42 Å². The lowest BCUT2D eigenvalue weighted by molar-refractivity contribution is 0.592. The number of likely N-dealkylation sites (N-methyl/N-ethyl adjacent to an activating group) is 2. The molecular weight excluding hydrogens is 184 g/mol. The molecule has 1 unspecified atom stereocenters. The van der Waals surface area contributed by atoms with Crippen LogP contribution in [0.15, 0.2) is 18.2 Å². The number of aryl methyl sites for hydroxylation is 1. The summed E-state index contributed by atoms with van der Waals surface area (Å²) in [5, 5.41) is 3.29. The predicted octanol–water partition coefficient (Wildman–Crippen LogP) is 1.97. The fourth-order valence-electron chi connectivity index (χ4n) is 2.61. The number of benzene rings is 1. The topological polar surface area (TPSA) is 15.3 Å². The molecule has 0 amide bonds. The SMILES string of the molecule is CCN1c2cccc(C)c2CC1CNC. The largest absolute Gasteiger partial charge is 0.367 e. The molecule has 0 aromatic heterocycles. The first kappa shape index (κ1) is 10.5. The summed E-state index contributed by atoms with van der Waals surface area (Å²) in [7, 11) is 2.03. The fourth-order valence-corrected chi connectivity index (χ4v) is 2.61. The summed E-state index contributed by atoms with van der Waals surface area (Å²) in [6.45, 7) is 6.62. The van der Waals surface area contributed by atoms with Gasteiger partial charge in [-0.3, -0.25) is 0 Å². The third kappa shape index (κ3) is 1.74. The molecule has 1 heterocycles. The van der Waals surface area contributed by atoms with Crippen molar-refractivity contribution in [2.75, 3.05) is 25.0 Å². The van der Waals surface area contributed by atoms with Gasteiger partial charge in [0.05, 0.1) is 0 Å². The molecule has 82 valence electrons. The zero-order valence-electron chi connectivity index (χ0n) is 9.88. The van der Waals surface area contributed by atoms with E-state index in [1.165, 1.54) is 17.7 Å². The molecule has 0 bridgehead atoms. The van der Waals surface area contributed by atoms with E-state index in [1.54, 1.807) is 5.56 Å². The number of fused-ring (bicyclic) bond motifs is 1. The van der Waals surface area contributed by atoms with Gasteiger partial charge in [-0.25, -0.2) is 0 Å². The molecule has 1 aromatic rings. The summed E-state index contributed by atoms with van der Waals surface area (Å²) >= 11 is 0. The van der Waals surface area contributed by atoms with Crippen molar-refractivity contribution in [3.8, 4) is 0 Å². The summed E-state index contributed by atoms with van der Waals surface area (Å²) in [5.74, 6) is 0. The van der Waals surface area contributed by atoms with E-state index in [0.29, 0.717) is 6.04 Å². The lowest BCUT2D eigenvalue weighted by Crippen LogP contribution is -2.39. The third-order valence-corrected chi connectivity index (χ3v) is 3.36. The molecular formula is C13H20N2. The molecule has 15 heavy (non-hydrogen) atoms. The number of anilines is 1. The van der Waals surface area contributed by atoms with E-state index in [2.05, 4.69) is 42.3 Å². The number of hydrogen-bond acceptors (Lipinski definition) is 2. The van der Waals surface area contributed by atoms with Gasteiger partial charge < -0.3 is 10.2 Å². The second-order valence-corrected chi connectivity index (χ2v) is 4.27. The highest BCUT2D eigenvalue weighted by Crippen LogP contribution is 2.33. The van der Waals surface area contributed by atoms with Crippen LogP contribution in [0.4, 0.5) is 5.69 Å². The number of nitrogens with zero attached hydrogens (tertiary/aromatic N) is 1. The molecule has 0 spiro atoms. The minimum atomic E-state index is 0.635. The molecule has 0 saturated carbocycles. The van der Waals surface area contributed by atoms with E-state index in [9.17, 15) is 0 Å². The predicted molar refractivity (Wildman–Crippen MR) is 65.6 cm³/mol. The molecule has 2 rings (SSSR count). The fraction of sp³-hybridized carbons (Fsp3) is 0.538. The second kappa shape index (κ2) is 4.23. The van der Waals surface area contributed by atoms with Gasteiger partial charge in [0, 0.05) is 24.8 Å². The molecule has 0 fully saturated rings. The average molecular weight is 204 g/mol. The van der Waals surface area contributed by atoms with E-state index < -0.39 is 0 Å². The Labute approximate surface area is 92.3 Å². The standard InChI is InChI=1S/C13H20N2/c1-4-15-11(9-14-3)8-12-10(2)6-5-7-13(12)15/h5-7,11,14H,4,8-9H2,1-3H3. The smallest absolute Gasteiger partial charge is 0.0455 e. The van der Waals surface area contributed by atoms with E-state index in [4.69, 9.17) is 0 Å². The van der Waals surface area contributed by atoms with Gasteiger partial charge in [-0.1, -0.05) is 12.1 Å². The zero-order valence-corrected chi connectivity index (χ0v) is 9.88. The zero-order chi connectivity index (χ0) is 10.8. The average Bonchev–Trinajstić information content (AvgIpc) is 2.58. The van der Waals surface area contributed by atoms with Crippen molar-refractivity contribution in [2.45, 2.75) is 26.3 Å². The minimum Gasteiger partial charge on any atom is -0.367 e. The molecule has 0 aliphatic carbocycles. The molecule has 1 atom stereocenters. The molecule has 1 aromatic carbocycles. The molecule has 1 aliphatic heterocycles. The Kier molecular flexibility index (Phi) is 2.96. The Hall–Kier alpha value is -1.02. The van der Waals surface area contributed by atoms with E-state index in [1.807, 2.05) is 7.05 Å².